The molecule has 1 atom stereocenters. The van der Waals surface area contributed by atoms with Crippen molar-refractivity contribution in [2.45, 2.75) is 18.0 Å². The molecule has 7 nitrogen and oxygen atoms in total. The van der Waals surface area contributed by atoms with Crippen LogP contribution in [-0.2, 0) is 14.8 Å². The maximum absolute atomic E-state index is 13.3. The van der Waals surface area contributed by atoms with E-state index in [0.717, 1.165) is 22.5 Å². The molecule has 1 fully saturated rings. The van der Waals surface area contributed by atoms with Crippen LogP contribution >= 0.6 is 0 Å². The quantitative estimate of drug-likeness (QED) is 0.623. The molecule has 3 aromatic rings. The van der Waals surface area contributed by atoms with Crippen molar-refractivity contribution in [3.63, 3.8) is 0 Å². The van der Waals surface area contributed by atoms with Crippen molar-refractivity contribution >= 4 is 27.3 Å². The SMILES string of the molecule is Cc1ccccc1N1C(=O)c2ccccc2[C@H]1Nc1ccc(S(=O)(=O)N2CCOCC2)cc1. The Hall–Kier alpha value is -3.20. The second-order valence-electron chi connectivity index (χ2n) is 8.14. The Kier molecular flexibility index (Phi) is 5.65. The fourth-order valence-corrected chi connectivity index (χ4v) is 5.77. The minimum absolute atomic E-state index is 0.0658. The zero-order chi connectivity index (χ0) is 23.0. The normalized spacial score (nSPS) is 18.9. The lowest BCUT2D eigenvalue weighted by Crippen LogP contribution is -2.40. The molecule has 0 saturated carbocycles. The van der Waals surface area contributed by atoms with Gasteiger partial charge >= 0.3 is 0 Å². The Bertz CT molecular complexity index is 1290. The minimum atomic E-state index is -3.56. The van der Waals surface area contributed by atoms with Crippen molar-refractivity contribution in [2.24, 2.45) is 0 Å². The lowest BCUT2D eigenvalue weighted by atomic mass is 10.1. The van der Waals surface area contributed by atoms with Gasteiger partial charge < -0.3 is 10.1 Å². The van der Waals surface area contributed by atoms with E-state index in [-0.39, 0.29) is 10.8 Å². The molecule has 2 heterocycles. The van der Waals surface area contributed by atoms with Gasteiger partial charge in [0.2, 0.25) is 10.0 Å². The molecule has 170 valence electrons. The summed E-state index contributed by atoms with van der Waals surface area (Å²) in [6, 6.07) is 22.0. The number of sulfonamides is 1. The minimum Gasteiger partial charge on any atom is -0.379 e. The van der Waals surface area contributed by atoms with Gasteiger partial charge in [0.25, 0.3) is 5.91 Å². The van der Waals surface area contributed by atoms with Crippen molar-refractivity contribution < 1.29 is 17.9 Å². The summed E-state index contributed by atoms with van der Waals surface area (Å²) in [7, 11) is -3.56. The molecule has 0 bridgehead atoms. The summed E-state index contributed by atoms with van der Waals surface area (Å²) in [4.78, 5) is 15.3. The van der Waals surface area contributed by atoms with E-state index in [2.05, 4.69) is 5.32 Å². The fourth-order valence-electron chi connectivity index (χ4n) is 4.36. The Balaban J connectivity index is 1.45. The smallest absolute Gasteiger partial charge is 0.260 e. The van der Waals surface area contributed by atoms with Crippen molar-refractivity contribution in [1.29, 1.82) is 0 Å². The number of rotatable bonds is 5. The third kappa shape index (κ3) is 3.90. The van der Waals surface area contributed by atoms with E-state index in [0.29, 0.717) is 31.9 Å². The molecule has 0 spiro atoms. The lowest BCUT2D eigenvalue weighted by Gasteiger charge is -2.29. The predicted octanol–water partition coefficient (Wildman–Crippen LogP) is 3.79. The van der Waals surface area contributed by atoms with Gasteiger partial charge in [-0.15, -0.1) is 0 Å². The molecule has 1 amide bonds. The largest absolute Gasteiger partial charge is 0.379 e. The summed E-state index contributed by atoms with van der Waals surface area (Å²) in [6.07, 6.45) is -0.406. The first kappa shape index (κ1) is 21.6. The Labute approximate surface area is 193 Å². The molecule has 0 aromatic heterocycles. The number of anilines is 2. The maximum atomic E-state index is 13.3. The number of nitrogens with one attached hydrogen (secondary N) is 1. The number of hydrogen-bond acceptors (Lipinski definition) is 5. The molecular weight excluding hydrogens is 438 g/mol. The highest BCUT2D eigenvalue weighted by molar-refractivity contribution is 7.89. The van der Waals surface area contributed by atoms with Gasteiger partial charge in [-0.1, -0.05) is 36.4 Å². The van der Waals surface area contributed by atoms with Crippen LogP contribution in [-0.4, -0.2) is 44.9 Å². The highest BCUT2D eigenvalue weighted by Gasteiger charge is 2.38. The van der Waals surface area contributed by atoms with Crippen LogP contribution < -0.4 is 10.2 Å². The van der Waals surface area contributed by atoms with Crippen LogP contribution in [0.5, 0.6) is 0 Å². The van der Waals surface area contributed by atoms with Crippen molar-refractivity contribution in [3.05, 3.63) is 89.5 Å². The predicted molar refractivity (Wildman–Crippen MR) is 127 cm³/mol. The molecule has 0 radical (unpaired) electrons. The summed E-state index contributed by atoms with van der Waals surface area (Å²) >= 11 is 0. The number of hydrogen-bond donors (Lipinski definition) is 1. The van der Waals surface area contributed by atoms with Crippen molar-refractivity contribution in [3.8, 4) is 0 Å². The van der Waals surface area contributed by atoms with Crippen molar-refractivity contribution in [2.75, 3.05) is 36.5 Å². The van der Waals surface area contributed by atoms with Gasteiger partial charge in [0.05, 0.1) is 18.1 Å². The molecule has 33 heavy (non-hydrogen) atoms. The number of morpholine rings is 1. The van der Waals surface area contributed by atoms with Gasteiger partial charge in [-0.25, -0.2) is 8.42 Å². The summed E-state index contributed by atoms with van der Waals surface area (Å²) in [6.45, 7) is 3.50. The number of para-hydroxylation sites is 1. The maximum Gasteiger partial charge on any atom is 0.260 e. The number of fused-ring (bicyclic) bond motifs is 1. The van der Waals surface area contributed by atoms with Crippen LogP contribution in [0, 0.1) is 6.92 Å². The lowest BCUT2D eigenvalue weighted by molar-refractivity contribution is 0.0730. The molecule has 1 saturated heterocycles. The van der Waals surface area contributed by atoms with Crippen LogP contribution in [0.2, 0.25) is 0 Å². The molecule has 2 aliphatic rings. The van der Waals surface area contributed by atoms with Gasteiger partial charge in [-0.2, -0.15) is 4.31 Å². The van der Waals surface area contributed by atoms with Crippen molar-refractivity contribution in [1.82, 2.24) is 4.31 Å². The van der Waals surface area contributed by atoms with E-state index in [1.807, 2.05) is 55.5 Å². The van der Waals surface area contributed by atoms with Gasteiger partial charge in [0.1, 0.15) is 6.17 Å². The van der Waals surface area contributed by atoms with Gasteiger partial charge in [0.15, 0.2) is 0 Å². The highest BCUT2D eigenvalue weighted by atomic mass is 32.2. The van der Waals surface area contributed by atoms with Crippen LogP contribution in [0.25, 0.3) is 0 Å². The van der Waals surface area contributed by atoms with Crippen LogP contribution in [0.3, 0.4) is 0 Å². The molecule has 2 aliphatic heterocycles. The number of nitrogens with zero attached hydrogens (tertiary/aromatic N) is 2. The van der Waals surface area contributed by atoms with Crippen LogP contribution in [0.15, 0.2) is 77.7 Å². The van der Waals surface area contributed by atoms with Crippen LogP contribution in [0.4, 0.5) is 11.4 Å². The fraction of sp³-hybridized carbons (Fsp3) is 0.240. The van der Waals surface area contributed by atoms with Gasteiger partial charge in [0, 0.05) is 35.6 Å². The number of carbonyl (C=O) groups is 1. The first-order valence-electron chi connectivity index (χ1n) is 10.9. The van der Waals surface area contributed by atoms with E-state index < -0.39 is 16.2 Å². The average Bonchev–Trinajstić information content (AvgIpc) is 3.12. The number of carbonyl (C=O) groups excluding carboxylic acids is 1. The second-order valence-corrected chi connectivity index (χ2v) is 10.1. The Morgan fingerprint density at radius 1 is 0.909 bits per heavy atom. The topological polar surface area (TPSA) is 79.0 Å². The molecule has 0 aliphatic carbocycles. The third-order valence-electron chi connectivity index (χ3n) is 6.10. The summed E-state index contributed by atoms with van der Waals surface area (Å²) in [5.74, 6) is -0.0658. The molecule has 8 heteroatoms. The number of amides is 1. The zero-order valence-corrected chi connectivity index (χ0v) is 19.1. The first-order valence-corrected chi connectivity index (χ1v) is 12.3. The molecule has 0 unspecified atom stereocenters. The second kappa shape index (κ2) is 8.62. The van der Waals surface area contributed by atoms with Gasteiger partial charge in [-0.05, 0) is 48.9 Å². The van der Waals surface area contributed by atoms with Crippen LogP contribution in [0.1, 0.15) is 27.7 Å². The summed E-state index contributed by atoms with van der Waals surface area (Å²) < 4.78 is 32.6. The van der Waals surface area contributed by atoms with E-state index in [1.54, 1.807) is 29.2 Å². The number of aryl methyl sites for hydroxylation is 1. The molecule has 3 aromatic carbocycles. The van der Waals surface area contributed by atoms with E-state index in [1.165, 1.54) is 4.31 Å². The standard InChI is InChI=1S/C25H25N3O4S/c1-18-6-2-5-9-23(18)28-24(21-7-3-4-8-22(21)25(28)29)26-19-10-12-20(13-11-19)33(30,31)27-14-16-32-17-15-27/h2-13,24,26H,14-17H2,1H3/t24-/m0/s1. The van der Waals surface area contributed by atoms with E-state index in [9.17, 15) is 13.2 Å². The number of benzene rings is 3. The summed E-state index contributed by atoms with van der Waals surface area (Å²) in [5.41, 5.74) is 4.10. The van der Waals surface area contributed by atoms with Gasteiger partial charge in [-0.3, -0.25) is 9.69 Å². The Morgan fingerprint density at radius 2 is 1.58 bits per heavy atom. The molecule has 5 rings (SSSR count). The molecular formula is C25H25N3O4S. The first-order chi connectivity index (χ1) is 16.0. The Morgan fingerprint density at radius 3 is 2.30 bits per heavy atom. The number of ether oxygens (including phenoxy) is 1. The average molecular weight is 464 g/mol. The van der Waals surface area contributed by atoms with E-state index in [4.69, 9.17) is 4.74 Å². The van der Waals surface area contributed by atoms with E-state index >= 15 is 0 Å². The highest BCUT2D eigenvalue weighted by Crippen LogP contribution is 2.39. The third-order valence-corrected chi connectivity index (χ3v) is 8.02. The molecule has 1 N–H and O–H groups in total. The zero-order valence-electron chi connectivity index (χ0n) is 18.3. The summed E-state index contributed by atoms with van der Waals surface area (Å²) in [5, 5.41) is 3.44. The monoisotopic (exact) mass is 463 g/mol.